The second-order valence-electron chi connectivity index (χ2n) is 6.95. The summed E-state index contributed by atoms with van der Waals surface area (Å²) in [4.78, 5) is 14.3. The lowest BCUT2D eigenvalue weighted by molar-refractivity contribution is 0.184. The lowest BCUT2D eigenvalue weighted by Gasteiger charge is -2.34. The summed E-state index contributed by atoms with van der Waals surface area (Å²) in [5, 5.41) is 4.11. The molecule has 9 heteroatoms. The number of amides is 2. The van der Waals surface area contributed by atoms with Crippen LogP contribution in [0.4, 0.5) is 10.5 Å². The molecule has 1 aromatic heterocycles. The standard InChI is InChI=1S/C20H21ClN4O3S/c1-23-9-8-15-14-16(6-7-19(15)23)29(27,28)25-12-10-24(11-13-25)20(26)22-18-5-3-2-4-17(18)21/h2-9,14H,10-13H2,1H3,(H,22,26). The Labute approximate surface area is 174 Å². The van der Waals surface area contributed by atoms with Gasteiger partial charge in [-0.2, -0.15) is 4.31 Å². The first kappa shape index (κ1) is 19.8. The number of hydrogen-bond acceptors (Lipinski definition) is 3. The van der Waals surface area contributed by atoms with Gasteiger partial charge < -0.3 is 14.8 Å². The minimum Gasteiger partial charge on any atom is -0.351 e. The molecule has 1 aliphatic heterocycles. The molecule has 29 heavy (non-hydrogen) atoms. The van der Waals surface area contributed by atoms with Crippen molar-refractivity contribution in [1.29, 1.82) is 0 Å². The van der Waals surface area contributed by atoms with E-state index in [1.807, 2.05) is 29.9 Å². The van der Waals surface area contributed by atoms with Gasteiger partial charge in [0.25, 0.3) is 0 Å². The second kappa shape index (κ2) is 7.70. The van der Waals surface area contributed by atoms with Crippen LogP contribution in [0.3, 0.4) is 0 Å². The van der Waals surface area contributed by atoms with Crippen molar-refractivity contribution >= 4 is 44.2 Å². The zero-order valence-electron chi connectivity index (χ0n) is 15.9. The molecule has 0 aliphatic carbocycles. The highest BCUT2D eigenvalue weighted by atomic mass is 35.5. The molecule has 3 aromatic rings. The van der Waals surface area contributed by atoms with Crippen LogP contribution < -0.4 is 5.32 Å². The van der Waals surface area contributed by atoms with E-state index in [0.29, 0.717) is 23.8 Å². The average Bonchev–Trinajstić information content (AvgIpc) is 3.10. The number of aryl methyl sites for hydroxylation is 1. The lowest BCUT2D eigenvalue weighted by Crippen LogP contribution is -2.51. The van der Waals surface area contributed by atoms with E-state index in [-0.39, 0.29) is 24.0 Å². The van der Waals surface area contributed by atoms with Crippen molar-refractivity contribution in [2.75, 3.05) is 31.5 Å². The smallest absolute Gasteiger partial charge is 0.321 e. The average molecular weight is 433 g/mol. The number of anilines is 1. The Morgan fingerprint density at radius 2 is 1.76 bits per heavy atom. The fraction of sp³-hybridized carbons (Fsp3) is 0.250. The van der Waals surface area contributed by atoms with E-state index in [9.17, 15) is 13.2 Å². The number of sulfonamides is 1. The van der Waals surface area contributed by atoms with E-state index in [1.54, 1.807) is 41.3 Å². The first-order valence-corrected chi connectivity index (χ1v) is 11.0. The van der Waals surface area contributed by atoms with E-state index in [2.05, 4.69) is 5.32 Å². The van der Waals surface area contributed by atoms with E-state index < -0.39 is 10.0 Å². The number of carbonyl (C=O) groups excluding carboxylic acids is 1. The van der Waals surface area contributed by atoms with Crippen LogP contribution in [-0.4, -0.2) is 54.4 Å². The van der Waals surface area contributed by atoms with Gasteiger partial charge >= 0.3 is 6.03 Å². The Morgan fingerprint density at radius 1 is 1.03 bits per heavy atom. The van der Waals surface area contributed by atoms with Crippen LogP contribution in [0.2, 0.25) is 5.02 Å². The number of rotatable bonds is 3. The van der Waals surface area contributed by atoms with E-state index in [0.717, 1.165) is 10.9 Å². The number of nitrogens with one attached hydrogen (secondary N) is 1. The minimum atomic E-state index is -3.61. The Bertz CT molecular complexity index is 1170. The van der Waals surface area contributed by atoms with Crippen LogP contribution >= 0.6 is 11.6 Å². The molecule has 1 aliphatic rings. The van der Waals surface area contributed by atoms with Gasteiger partial charge in [-0.1, -0.05) is 23.7 Å². The molecule has 1 N–H and O–H groups in total. The predicted molar refractivity (Wildman–Crippen MR) is 114 cm³/mol. The summed E-state index contributed by atoms with van der Waals surface area (Å²) in [6.07, 6.45) is 1.90. The number of halogens is 1. The molecule has 0 radical (unpaired) electrons. The third-order valence-electron chi connectivity index (χ3n) is 5.14. The number of urea groups is 1. The van der Waals surface area contributed by atoms with Gasteiger partial charge in [0.05, 0.1) is 15.6 Å². The summed E-state index contributed by atoms with van der Waals surface area (Å²) in [6, 6.07) is 13.7. The molecule has 1 saturated heterocycles. The highest BCUT2D eigenvalue weighted by molar-refractivity contribution is 7.89. The lowest BCUT2D eigenvalue weighted by atomic mass is 10.2. The Hall–Kier alpha value is -2.55. The number of hydrogen-bond donors (Lipinski definition) is 1. The van der Waals surface area contributed by atoms with Crippen LogP contribution in [0.15, 0.2) is 59.6 Å². The zero-order valence-corrected chi connectivity index (χ0v) is 17.4. The van der Waals surface area contributed by atoms with Gasteiger partial charge in [-0.15, -0.1) is 0 Å². The molecule has 2 aromatic carbocycles. The van der Waals surface area contributed by atoms with Gasteiger partial charge in [0.1, 0.15) is 0 Å². The van der Waals surface area contributed by atoms with Crippen LogP contribution in [0.5, 0.6) is 0 Å². The summed E-state index contributed by atoms with van der Waals surface area (Å²) in [5.41, 5.74) is 1.51. The number of carbonyl (C=O) groups is 1. The number of benzene rings is 2. The number of aromatic nitrogens is 1. The van der Waals surface area contributed by atoms with Gasteiger partial charge in [0.2, 0.25) is 10.0 Å². The third kappa shape index (κ3) is 3.83. The molecule has 0 unspecified atom stereocenters. The molecule has 152 valence electrons. The molecular weight excluding hydrogens is 412 g/mol. The Kier molecular flexibility index (Phi) is 5.24. The van der Waals surface area contributed by atoms with Gasteiger partial charge in [-0.3, -0.25) is 0 Å². The normalized spacial score (nSPS) is 15.6. The second-order valence-corrected chi connectivity index (χ2v) is 9.29. The summed E-state index contributed by atoms with van der Waals surface area (Å²) in [6.45, 7) is 1.10. The van der Waals surface area contributed by atoms with Crippen molar-refractivity contribution in [1.82, 2.24) is 13.8 Å². The van der Waals surface area contributed by atoms with Gasteiger partial charge in [-0.05, 0) is 36.4 Å². The van der Waals surface area contributed by atoms with Crippen molar-refractivity contribution in [2.24, 2.45) is 7.05 Å². The van der Waals surface area contributed by atoms with E-state index in [1.165, 1.54) is 4.31 Å². The molecule has 0 saturated carbocycles. The first-order valence-electron chi connectivity index (χ1n) is 9.22. The Morgan fingerprint density at radius 3 is 2.48 bits per heavy atom. The zero-order chi connectivity index (χ0) is 20.6. The van der Waals surface area contributed by atoms with Crippen molar-refractivity contribution in [3.63, 3.8) is 0 Å². The largest absolute Gasteiger partial charge is 0.351 e. The molecule has 1 fully saturated rings. The topological polar surface area (TPSA) is 74.7 Å². The maximum Gasteiger partial charge on any atom is 0.321 e. The maximum atomic E-state index is 13.0. The van der Waals surface area contributed by atoms with Gasteiger partial charge in [0, 0.05) is 50.3 Å². The first-order chi connectivity index (χ1) is 13.9. The van der Waals surface area contributed by atoms with E-state index in [4.69, 9.17) is 11.6 Å². The SMILES string of the molecule is Cn1ccc2cc(S(=O)(=O)N3CCN(C(=O)Nc4ccccc4Cl)CC3)ccc21. The molecule has 0 bridgehead atoms. The molecular formula is C20H21ClN4O3S. The summed E-state index contributed by atoms with van der Waals surface area (Å²) in [7, 11) is -1.69. The summed E-state index contributed by atoms with van der Waals surface area (Å²) in [5.74, 6) is 0. The van der Waals surface area contributed by atoms with Crippen LogP contribution in [-0.2, 0) is 17.1 Å². The summed E-state index contributed by atoms with van der Waals surface area (Å²) >= 11 is 6.08. The predicted octanol–water partition coefficient (Wildman–Crippen LogP) is 3.37. The van der Waals surface area contributed by atoms with Crippen molar-refractivity contribution in [3.05, 3.63) is 59.8 Å². The van der Waals surface area contributed by atoms with Crippen LogP contribution in [0.1, 0.15) is 0 Å². The van der Waals surface area contributed by atoms with E-state index >= 15 is 0 Å². The van der Waals surface area contributed by atoms with Crippen LogP contribution in [0.25, 0.3) is 10.9 Å². The van der Waals surface area contributed by atoms with Gasteiger partial charge in [0.15, 0.2) is 0 Å². The maximum absolute atomic E-state index is 13.0. The number of piperazine rings is 1. The highest BCUT2D eigenvalue weighted by Gasteiger charge is 2.30. The van der Waals surface area contributed by atoms with Gasteiger partial charge in [-0.25, -0.2) is 13.2 Å². The molecule has 2 heterocycles. The number of nitrogens with zero attached hydrogens (tertiary/aromatic N) is 3. The molecule has 0 spiro atoms. The minimum absolute atomic E-state index is 0.241. The molecule has 0 atom stereocenters. The third-order valence-corrected chi connectivity index (χ3v) is 7.36. The quantitative estimate of drug-likeness (QED) is 0.689. The number of para-hydroxylation sites is 1. The highest BCUT2D eigenvalue weighted by Crippen LogP contribution is 2.24. The Balaban J connectivity index is 1.44. The monoisotopic (exact) mass is 432 g/mol. The summed E-state index contributed by atoms with van der Waals surface area (Å²) < 4.78 is 29.4. The van der Waals surface area contributed by atoms with Crippen LogP contribution in [0, 0.1) is 0 Å². The van der Waals surface area contributed by atoms with Crippen molar-refractivity contribution in [2.45, 2.75) is 4.90 Å². The molecule has 2 amide bonds. The fourth-order valence-electron chi connectivity index (χ4n) is 3.46. The molecule has 4 rings (SSSR count). The number of fused-ring (bicyclic) bond motifs is 1. The van der Waals surface area contributed by atoms with Crippen molar-refractivity contribution < 1.29 is 13.2 Å². The van der Waals surface area contributed by atoms with Crippen molar-refractivity contribution in [3.8, 4) is 0 Å². The molecule has 7 nitrogen and oxygen atoms in total. The fourth-order valence-corrected chi connectivity index (χ4v) is 5.10.